The summed E-state index contributed by atoms with van der Waals surface area (Å²) in [5, 5.41) is 7.64. The molecule has 0 spiro atoms. The summed E-state index contributed by atoms with van der Waals surface area (Å²) in [7, 11) is 3.85. The average molecular weight is 413 g/mol. The molecule has 0 atom stereocenters. The molecule has 22 heavy (non-hydrogen) atoms. The molecule has 120 valence electrons. The Hall–Kier alpha value is -1.57. The molecule has 0 aliphatic rings. The first-order valence-corrected chi connectivity index (χ1v) is 7.14. The first-order chi connectivity index (χ1) is 10.2. The van der Waals surface area contributed by atoms with Crippen molar-refractivity contribution in [2.45, 2.75) is 20.0 Å². The highest BCUT2D eigenvalue weighted by atomic mass is 127. The number of guanidine groups is 1. The molecule has 1 N–H and O–H groups in total. The predicted molar refractivity (Wildman–Crippen MR) is 102 cm³/mol. The number of aryl methyl sites for hydroxylation is 1. The molecule has 2 rings (SSSR count). The van der Waals surface area contributed by atoms with E-state index in [2.05, 4.69) is 44.6 Å². The van der Waals surface area contributed by atoms with Gasteiger partial charge in [-0.3, -0.25) is 9.67 Å². The zero-order valence-corrected chi connectivity index (χ0v) is 15.7. The van der Waals surface area contributed by atoms with Crippen LogP contribution in [-0.4, -0.2) is 41.3 Å². The number of hydrogen-bond donors (Lipinski definition) is 1. The molecule has 5 nitrogen and oxygen atoms in total. The Morgan fingerprint density at radius 1 is 1.32 bits per heavy atom. The van der Waals surface area contributed by atoms with Crippen LogP contribution in [0.4, 0.5) is 0 Å². The summed E-state index contributed by atoms with van der Waals surface area (Å²) in [5.41, 5.74) is 2.45. The van der Waals surface area contributed by atoms with Gasteiger partial charge in [0.15, 0.2) is 5.96 Å². The molecule has 0 unspecified atom stereocenters. The van der Waals surface area contributed by atoms with Gasteiger partial charge in [0.1, 0.15) is 0 Å². The number of rotatable bonds is 5. The fraction of sp³-hybridized carbons (Fsp3) is 0.375. The summed E-state index contributed by atoms with van der Waals surface area (Å²) in [6.07, 6.45) is 3.91. The summed E-state index contributed by atoms with van der Waals surface area (Å²) in [5.74, 6) is 0.891. The highest BCUT2D eigenvalue weighted by Crippen LogP contribution is 2.02. The van der Waals surface area contributed by atoms with E-state index < -0.39 is 0 Å². The van der Waals surface area contributed by atoms with Crippen LogP contribution in [0.15, 0.2) is 47.7 Å². The third-order valence-corrected chi connectivity index (χ3v) is 3.22. The van der Waals surface area contributed by atoms with E-state index in [1.807, 2.05) is 44.2 Å². The van der Waals surface area contributed by atoms with Gasteiger partial charge in [0.05, 0.1) is 12.7 Å². The van der Waals surface area contributed by atoms with Gasteiger partial charge in [-0.05, 0) is 18.1 Å². The Balaban J connectivity index is 0.00000242. The van der Waals surface area contributed by atoms with E-state index in [1.54, 1.807) is 0 Å². The lowest BCUT2D eigenvalue weighted by atomic mass is 10.2. The van der Waals surface area contributed by atoms with Crippen LogP contribution in [0.25, 0.3) is 0 Å². The molecule has 1 aromatic carbocycles. The number of aliphatic imine (C=N–C) groups is 1. The fourth-order valence-corrected chi connectivity index (χ4v) is 2.19. The third-order valence-electron chi connectivity index (χ3n) is 3.22. The van der Waals surface area contributed by atoms with Crippen LogP contribution in [0, 0.1) is 6.92 Å². The van der Waals surface area contributed by atoms with Gasteiger partial charge in [0, 0.05) is 33.4 Å². The lowest BCUT2D eigenvalue weighted by molar-refractivity contribution is 0.470. The Labute approximate surface area is 149 Å². The molecule has 1 aromatic heterocycles. The standard InChI is InChI=1S/C16H23N5.HI/c1-14-11-19-21(12-14)10-9-18-16(17-2)20(3)13-15-7-5-4-6-8-15;/h4-8,11-12H,9-10,13H2,1-3H3,(H,17,18);1H. The van der Waals surface area contributed by atoms with Gasteiger partial charge >= 0.3 is 0 Å². The second-order valence-corrected chi connectivity index (χ2v) is 5.10. The summed E-state index contributed by atoms with van der Waals surface area (Å²) in [6.45, 7) is 4.50. The van der Waals surface area contributed by atoms with Crippen LogP contribution >= 0.6 is 24.0 Å². The number of halogens is 1. The molecule has 6 heteroatoms. The van der Waals surface area contributed by atoms with Crippen LogP contribution in [0.5, 0.6) is 0 Å². The van der Waals surface area contributed by atoms with Crippen molar-refractivity contribution in [1.29, 1.82) is 0 Å². The minimum Gasteiger partial charge on any atom is -0.354 e. The van der Waals surface area contributed by atoms with E-state index >= 15 is 0 Å². The van der Waals surface area contributed by atoms with Gasteiger partial charge in [-0.1, -0.05) is 30.3 Å². The minimum absolute atomic E-state index is 0. The smallest absolute Gasteiger partial charge is 0.193 e. The normalized spacial score (nSPS) is 11.0. The van der Waals surface area contributed by atoms with Crippen molar-refractivity contribution < 1.29 is 0 Å². The lowest BCUT2D eigenvalue weighted by Crippen LogP contribution is -2.39. The summed E-state index contributed by atoms with van der Waals surface area (Å²) < 4.78 is 1.94. The molecule has 1 heterocycles. The molecule has 0 fully saturated rings. The van der Waals surface area contributed by atoms with Gasteiger partial charge in [0.2, 0.25) is 0 Å². The molecule has 0 bridgehead atoms. The van der Waals surface area contributed by atoms with Crippen LogP contribution in [0.3, 0.4) is 0 Å². The van der Waals surface area contributed by atoms with E-state index in [9.17, 15) is 0 Å². The SMILES string of the molecule is CN=C(NCCn1cc(C)cn1)N(C)Cc1ccccc1.I. The van der Waals surface area contributed by atoms with Crippen molar-refractivity contribution >= 4 is 29.9 Å². The van der Waals surface area contributed by atoms with Crippen molar-refractivity contribution in [3.8, 4) is 0 Å². The quantitative estimate of drug-likeness (QED) is 0.466. The van der Waals surface area contributed by atoms with Gasteiger partial charge < -0.3 is 10.2 Å². The number of nitrogens with one attached hydrogen (secondary N) is 1. The van der Waals surface area contributed by atoms with Crippen molar-refractivity contribution in [1.82, 2.24) is 20.0 Å². The molecule has 0 saturated carbocycles. The minimum atomic E-state index is 0. The Bertz CT molecular complexity index is 579. The number of nitrogens with zero attached hydrogens (tertiary/aromatic N) is 4. The van der Waals surface area contributed by atoms with Gasteiger partial charge in [0.25, 0.3) is 0 Å². The first-order valence-electron chi connectivity index (χ1n) is 7.14. The summed E-state index contributed by atoms with van der Waals surface area (Å²) in [4.78, 5) is 6.44. The molecule has 0 aliphatic heterocycles. The van der Waals surface area contributed by atoms with E-state index in [-0.39, 0.29) is 24.0 Å². The van der Waals surface area contributed by atoms with Gasteiger partial charge in [-0.25, -0.2) is 0 Å². The highest BCUT2D eigenvalue weighted by molar-refractivity contribution is 14.0. The number of benzene rings is 1. The fourth-order valence-electron chi connectivity index (χ4n) is 2.19. The molecular formula is C16H24IN5. The zero-order valence-electron chi connectivity index (χ0n) is 13.4. The largest absolute Gasteiger partial charge is 0.354 e. The number of aromatic nitrogens is 2. The molecule has 2 aromatic rings. The van der Waals surface area contributed by atoms with Crippen LogP contribution < -0.4 is 5.32 Å². The number of hydrogen-bond acceptors (Lipinski definition) is 2. The monoisotopic (exact) mass is 413 g/mol. The van der Waals surface area contributed by atoms with E-state index in [0.29, 0.717) is 0 Å². The molecule has 0 aliphatic carbocycles. The molecule has 0 radical (unpaired) electrons. The maximum absolute atomic E-state index is 4.32. The van der Waals surface area contributed by atoms with Crippen molar-refractivity contribution in [3.05, 3.63) is 53.9 Å². The average Bonchev–Trinajstić information content (AvgIpc) is 2.90. The summed E-state index contributed by atoms with van der Waals surface area (Å²) in [6, 6.07) is 10.4. The Kier molecular flexibility index (Phi) is 7.94. The van der Waals surface area contributed by atoms with Crippen LogP contribution in [-0.2, 0) is 13.1 Å². The second-order valence-electron chi connectivity index (χ2n) is 5.10. The van der Waals surface area contributed by atoms with Crippen LogP contribution in [0.2, 0.25) is 0 Å². The lowest BCUT2D eigenvalue weighted by Gasteiger charge is -2.22. The molecular weight excluding hydrogens is 389 g/mol. The van der Waals surface area contributed by atoms with Crippen LogP contribution in [0.1, 0.15) is 11.1 Å². The third kappa shape index (κ3) is 5.67. The topological polar surface area (TPSA) is 45.5 Å². The van der Waals surface area contributed by atoms with Crippen molar-refractivity contribution in [2.75, 3.05) is 20.6 Å². The van der Waals surface area contributed by atoms with Gasteiger partial charge in [-0.2, -0.15) is 5.10 Å². The van der Waals surface area contributed by atoms with E-state index in [4.69, 9.17) is 0 Å². The first kappa shape index (κ1) is 18.5. The van der Waals surface area contributed by atoms with Crippen molar-refractivity contribution in [3.63, 3.8) is 0 Å². The molecule has 0 amide bonds. The van der Waals surface area contributed by atoms with E-state index in [0.717, 1.165) is 25.6 Å². The highest BCUT2D eigenvalue weighted by Gasteiger charge is 2.06. The molecule has 0 saturated heterocycles. The zero-order chi connectivity index (χ0) is 15.1. The predicted octanol–water partition coefficient (Wildman–Crippen LogP) is 2.52. The maximum atomic E-state index is 4.32. The Morgan fingerprint density at radius 3 is 2.64 bits per heavy atom. The second kappa shape index (κ2) is 9.45. The van der Waals surface area contributed by atoms with Crippen molar-refractivity contribution in [2.24, 2.45) is 4.99 Å². The summed E-state index contributed by atoms with van der Waals surface area (Å²) >= 11 is 0. The Morgan fingerprint density at radius 2 is 2.05 bits per heavy atom. The van der Waals surface area contributed by atoms with Gasteiger partial charge in [-0.15, -0.1) is 24.0 Å². The van der Waals surface area contributed by atoms with E-state index in [1.165, 1.54) is 11.1 Å². The maximum Gasteiger partial charge on any atom is 0.193 e.